The number of alkyl halides is 3. The van der Waals surface area contributed by atoms with E-state index in [4.69, 9.17) is 5.73 Å². The number of amides is 1. The van der Waals surface area contributed by atoms with Crippen molar-refractivity contribution in [2.75, 3.05) is 5.32 Å². The molecule has 27 heavy (non-hydrogen) atoms. The van der Waals surface area contributed by atoms with Crippen LogP contribution in [0.5, 0.6) is 5.75 Å². The second-order valence-corrected chi connectivity index (χ2v) is 6.31. The lowest BCUT2D eigenvalue weighted by Gasteiger charge is -2.23. The Bertz CT molecular complexity index is 881. The number of fused-ring (bicyclic) bond motifs is 1. The average molecular weight is 378 g/mol. The zero-order chi connectivity index (χ0) is 19.6. The minimum Gasteiger partial charge on any atom is -0.406 e. The molecule has 1 aliphatic rings. The third kappa shape index (κ3) is 4.46. The molecule has 0 spiro atoms. The van der Waals surface area contributed by atoms with Crippen LogP contribution in [0.4, 0.5) is 18.9 Å². The van der Waals surface area contributed by atoms with E-state index < -0.39 is 18.0 Å². The van der Waals surface area contributed by atoms with Gasteiger partial charge in [-0.15, -0.1) is 13.2 Å². The summed E-state index contributed by atoms with van der Waals surface area (Å²) in [6.45, 7) is 0. The molecular weight excluding hydrogens is 361 g/mol. The molecule has 0 saturated carbocycles. The Hall–Kier alpha value is -2.87. The van der Waals surface area contributed by atoms with E-state index in [2.05, 4.69) is 10.1 Å². The number of benzene rings is 2. The number of halogens is 3. The molecule has 142 valence electrons. The van der Waals surface area contributed by atoms with Crippen LogP contribution >= 0.6 is 0 Å². The van der Waals surface area contributed by atoms with Gasteiger partial charge in [0.25, 0.3) is 5.91 Å². The molecule has 0 unspecified atom stereocenters. The van der Waals surface area contributed by atoms with Gasteiger partial charge in [-0.3, -0.25) is 9.59 Å². The van der Waals surface area contributed by atoms with Gasteiger partial charge in [-0.2, -0.15) is 0 Å². The van der Waals surface area contributed by atoms with Crippen LogP contribution in [0, 0.1) is 0 Å². The molecular formula is C19H17F3N2O3. The lowest BCUT2D eigenvalue weighted by molar-refractivity contribution is -0.274. The van der Waals surface area contributed by atoms with E-state index in [1.54, 1.807) is 6.07 Å². The highest BCUT2D eigenvalue weighted by Crippen LogP contribution is 2.28. The number of aldehydes is 1. The molecule has 0 radical (unpaired) electrons. The first kappa shape index (κ1) is 18.9. The molecule has 0 fully saturated rings. The van der Waals surface area contributed by atoms with Crippen LogP contribution in [0.2, 0.25) is 0 Å². The fraction of sp³-hybridized carbons (Fsp3) is 0.263. The van der Waals surface area contributed by atoms with Crippen molar-refractivity contribution in [3.05, 3.63) is 58.7 Å². The van der Waals surface area contributed by atoms with Crippen molar-refractivity contribution >= 4 is 17.9 Å². The van der Waals surface area contributed by atoms with Gasteiger partial charge in [0, 0.05) is 23.4 Å². The first-order valence-electron chi connectivity index (χ1n) is 8.29. The molecule has 0 bridgehead atoms. The monoisotopic (exact) mass is 378 g/mol. The largest absolute Gasteiger partial charge is 0.573 e. The normalized spacial score (nSPS) is 16.4. The van der Waals surface area contributed by atoms with Crippen LogP contribution in [0.1, 0.15) is 38.3 Å². The fourth-order valence-corrected chi connectivity index (χ4v) is 3.21. The van der Waals surface area contributed by atoms with Crippen LogP contribution in [-0.4, -0.2) is 24.6 Å². The summed E-state index contributed by atoms with van der Waals surface area (Å²) in [5.41, 5.74) is 8.26. The maximum atomic E-state index is 12.6. The summed E-state index contributed by atoms with van der Waals surface area (Å²) < 4.78 is 40.8. The number of ether oxygens (including phenoxy) is 1. The minimum absolute atomic E-state index is 0.0213. The third-order valence-electron chi connectivity index (χ3n) is 4.39. The third-order valence-corrected chi connectivity index (χ3v) is 4.39. The number of anilines is 1. The summed E-state index contributed by atoms with van der Waals surface area (Å²) in [4.78, 5) is 24.2. The highest BCUT2D eigenvalue weighted by molar-refractivity contribution is 6.09. The molecule has 2 aromatic rings. The predicted molar refractivity (Wildman–Crippen MR) is 92.9 cm³/mol. The molecule has 0 aromatic heterocycles. The van der Waals surface area contributed by atoms with Gasteiger partial charge in [0.15, 0.2) is 6.29 Å². The van der Waals surface area contributed by atoms with Gasteiger partial charge in [-0.1, -0.05) is 12.1 Å². The number of nitrogens with one attached hydrogen (secondary N) is 1. The van der Waals surface area contributed by atoms with Crippen molar-refractivity contribution in [2.24, 2.45) is 5.73 Å². The predicted octanol–water partition coefficient (Wildman–Crippen LogP) is 3.47. The van der Waals surface area contributed by atoms with Crippen LogP contribution in [0.3, 0.4) is 0 Å². The van der Waals surface area contributed by atoms with Crippen LogP contribution < -0.4 is 15.8 Å². The lowest BCUT2D eigenvalue weighted by Crippen LogP contribution is -2.29. The SMILES string of the molecule is N[C@@H]1CCc2c(ccc(C(=O)Nc3cccc(OC(F)(F)F)c3)c2C=O)C1. The molecule has 8 heteroatoms. The quantitative estimate of drug-likeness (QED) is 0.799. The van der Waals surface area contributed by atoms with Crippen molar-refractivity contribution in [1.82, 2.24) is 0 Å². The van der Waals surface area contributed by atoms with E-state index in [1.165, 1.54) is 18.2 Å². The maximum Gasteiger partial charge on any atom is 0.573 e. The van der Waals surface area contributed by atoms with Crippen molar-refractivity contribution in [2.45, 2.75) is 31.7 Å². The average Bonchev–Trinajstić information content (AvgIpc) is 2.59. The van der Waals surface area contributed by atoms with Gasteiger partial charge < -0.3 is 15.8 Å². The number of hydrogen-bond donors (Lipinski definition) is 2. The number of rotatable bonds is 4. The topological polar surface area (TPSA) is 81.4 Å². The van der Waals surface area contributed by atoms with Crippen LogP contribution in [0.15, 0.2) is 36.4 Å². The fourth-order valence-electron chi connectivity index (χ4n) is 3.21. The van der Waals surface area contributed by atoms with Crippen molar-refractivity contribution in [1.29, 1.82) is 0 Å². The summed E-state index contributed by atoms with van der Waals surface area (Å²) in [6, 6.07) is 8.26. The van der Waals surface area contributed by atoms with E-state index in [0.717, 1.165) is 29.7 Å². The molecule has 0 heterocycles. The number of nitrogens with two attached hydrogens (primary N) is 1. The number of hydrogen-bond acceptors (Lipinski definition) is 4. The molecule has 0 saturated heterocycles. The molecule has 3 N–H and O–H groups in total. The first-order valence-corrected chi connectivity index (χ1v) is 8.29. The first-order chi connectivity index (χ1) is 12.8. The molecule has 1 amide bonds. The Morgan fingerprint density at radius 2 is 2.04 bits per heavy atom. The van der Waals surface area contributed by atoms with Gasteiger partial charge in [-0.25, -0.2) is 0 Å². The summed E-state index contributed by atoms with van der Waals surface area (Å²) in [5.74, 6) is -1.03. The Morgan fingerprint density at radius 1 is 1.26 bits per heavy atom. The summed E-state index contributed by atoms with van der Waals surface area (Å²) >= 11 is 0. The van der Waals surface area contributed by atoms with E-state index >= 15 is 0 Å². The Labute approximate surface area is 153 Å². The standard InChI is InChI=1S/C19H17F3N2O3/c20-19(21,22)27-14-3-1-2-13(9-14)24-18(26)16-6-4-11-8-12(23)5-7-15(11)17(16)10-25/h1-4,6,9-10,12H,5,7-8,23H2,(H,24,26)/t12-/m1/s1. The smallest absolute Gasteiger partial charge is 0.406 e. The minimum atomic E-state index is -4.83. The van der Waals surface area contributed by atoms with Gasteiger partial charge in [0.05, 0.1) is 5.56 Å². The molecule has 5 nitrogen and oxygen atoms in total. The van der Waals surface area contributed by atoms with E-state index in [9.17, 15) is 22.8 Å². The van der Waals surface area contributed by atoms with Crippen LogP contribution in [-0.2, 0) is 12.8 Å². The molecule has 3 rings (SSSR count). The summed E-state index contributed by atoms with van der Waals surface area (Å²) in [5, 5.41) is 2.50. The van der Waals surface area contributed by atoms with E-state index in [-0.39, 0.29) is 17.3 Å². The van der Waals surface area contributed by atoms with Gasteiger partial charge >= 0.3 is 6.36 Å². The van der Waals surface area contributed by atoms with Crippen molar-refractivity contribution < 1.29 is 27.5 Å². The number of carbonyl (C=O) groups is 2. The van der Waals surface area contributed by atoms with Gasteiger partial charge in [0.1, 0.15) is 5.75 Å². The van der Waals surface area contributed by atoms with Crippen LogP contribution in [0.25, 0.3) is 0 Å². The highest BCUT2D eigenvalue weighted by Gasteiger charge is 2.31. The Balaban J connectivity index is 1.85. The second kappa shape index (κ2) is 7.40. The zero-order valence-corrected chi connectivity index (χ0v) is 14.2. The van der Waals surface area contributed by atoms with E-state index in [1.807, 2.05) is 0 Å². The Morgan fingerprint density at radius 3 is 2.74 bits per heavy atom. The van der Waals surface area contributed by atoms with Gasteiger partial charge in [-0.05, 0) is 48.6 Å². The second-order valence-electron chi connectivity index (χ2n) is 6.31. The summed E-state index contributed by atoms with van der Waals surface area (Å²) in [6.07, 6.45) is -2.24. The highest BCUT2D eigenvalue weighted by atomic mass is 19.4. The zero-order valence-electron chi connectivity index (χ0n) is 14.2. The number of carbonyl (C=O) groups excluding carboxylic acids is 2. The summed E-state index contributed by atoms with van der Waals surface area (Å²) in [7, 11) is 0. The molecule has 1 aliphatic carbocycles. The van der Waals surface area contributed by atoms with E-state index in [0.29, 0.717) is 24.7 Å². The lowest BCUT2D eigenvalue weighted by atomic mass is 9.84. The molecule has 1 atom stereocenters. The maximum absolute atomic E-state index is 12.6. The van der Waals surface area contributed by atoms with Crippen molar-refractivity contribution in [3.8, 4) is 5.75 Å². The van der Waals surface area contributed by atoms with Crippen molar-refractivity contribution in [3.63, 3.8) is 0 Å². The Kier molecular flexibility index (Phi) is 5.18. The van der Waals surface area contributed by atoms with Gasteiger partial charge in [0.2, 0.25) is 0 Å². The molecule has 0 aliphatic heterocycles. The molecule has 2 aromatic carbocycles.